The second-order valence-corrected chi connectivity index (χ2v) is 3.94. The van der Waals surface area contributed by atoms with E-state index in [-0.39, 0.29) is 12.4 Å². The number of rotatable bonds is 1. The number of aromatic amines is 1. The molecular formula is C12H15ClN2. The Kier molecular flexibility index (Phi) is 2.98. The molecule has 2 N–H and O–H groups in total. The molecule has 1 saturated heterocycles. The summed E-state index contributed by atoms with van der Waals surface area (Å²) in [5.41, 5.74) is 2.69. The van der Waals surface area contributed by atoms with Crippen LogP contribution in [0.1, 0.15) is 24.4 Å². The molecule has 2 heterocycles. The molecule has 0 bridgehead atoms. The summed E-state index contributed by atoms with van der Waals surface area (Å²) in [5, 5.41) is 4.91. The molecule has 0 radical (unpaired) electrons. The summed E-state index contributed by atoms with van der Waals surface area (Å²) in [7, 11) is 0. The van der Waals surface area contributed by atoms with E-state index >= 15 is 0 Å². The standard InChI is InChI=1S/C12H14N2.ClH/c1-3-9(12-5-2-7-13-12)10-6-8-14-11(10)4-1;/h1,3-4,6,8,12-14H,2,5,7H2;1H/t12-;/m0./s1. The van der Waals surface area contributed by atoms with Gasteiger partial charge in [0, 0.05) is 23.1 Å². The van der Waals surface area contributed by atoms with E-state index in [2.05, 4.69) is 34.6 Å². The van der Waals surface area contributed by atoms with Crippen LogP contribution in [0.25, 0.3) is 10.9 Å². The van der Waals surface area contributed by atoms with Gasteiger partial charge in [-0.05, 0) is 37.1 Å². The van der Waals surface area contributed by atoms with Gasteiger partial charge in [-0.2, -0.15) is 0 Å². The Morgan fingerprint density at radius 3 is 2.93 bits per heavy atom. The van der Waals surface area contributed by atoms with E-state index in [1.54, 1.807) is 0 Å². The minimum atomic E-state index is 0. The van der Waals surface area contributed by atoms with Crippen molar-refractivity contribution in [2.24, 2.45) is 0 Å². The first-order valence-electron chi connectivity index (χ1n) is 5.24. The average Bonchev–Trinajstić information content (AvgIpc) is 2.88. The Balaban J connectivity index is 0.000000853. The summed E-state index contributed by atoms with van der Waals surface area (Å²) in [4.78, 5) is 3.26. The summed E-state index contributed by atoms with van der Waals surface area (Å²) < 4.78 is 0. The molecule has 0 saturated carbocycles. The molecule has 0 unspecified atom stereocenters. The lowest BCUT2D eigenvalue weighted by atomic mass is 10.0. The monoisotopic (exact) mass is 222 g/mol. The van der Waals surface area contributed by atoms with E-state index in [1.807, 2.05) is 6.20 Å². The number of aromatic nitrogens is 1. The third-order valence-electron chi connectivity index (χ3n) is 3.06. The molecular weight excluding hydrogens is 208 g/mol. The van der Waals surface area contributed by atoms with Crippen LogP contribution in [-0.4, -0.2) is 11.5 Å². The molecule has 1 fully saturated rings. The van der Waals surface area contributed by atoms with E-state index in [0.29, 0.717) is 6.04 Å². The van der Waals surface area contributed by atoms with Gasteiger partial charge in [0.15, 0.2) is 0 Å². The van der Waals surface area contributed by atoms with Crippen molar-refractivity contribution in [2.45, 2.75) is 18.9 Å². The van der Waals surface area contributed by atoms with E-state index < -0.39 is 0 Å². The summed E-state index contributed by atoms with van der Waals surface area (Å²) in [6.07, 6.45) is 4.58. The summed E-state index contributed by atoms with van der Waals surface area (Å²) in [5.74, 6) is 0. The van der Waals surface area contributed by atoms with Crippen molar-refractivity contribution in [3.8, 4) is 0 Å². The van der Waals surface area contributed by atoms with Gasteiger partial charge in [-0.15, -0.1) is 12.4 Å². The van der Waals surface area contributed by atoms with Crippen molar-refractivity contribution < 1.29 is 0 Å². The molecule has 0 aliphatic carbocycles. The predicted octanol–water partition coefficient (Wildman–Crippen LogP) is 3.01. The maximum atomic E-state index is 3.54. The largest absolute Gasteiger partial charge is 0.361 e. The molecule has 0 spiro atoms. The highest BCUT2D eigenvalue weighted by Gasteiger charge is 2.17. The zero-order valence-electron chi connectivity index (χ0n) is 8.49. The van der Waals surface area contributed by atoms with Crippen LogP contribution >= 0.6 is 12.4 Å². The highest BCUT2D eigenvalue weighted by Crippen LogP contribution is 2.28. The van der Waals surface area contributed by atoms with Crippen molar-refractivity contribution in [3.63, 3.8) is 0 Å². The first-order valence-corrected chi connectivity index (χ1v) is 5.24. The van der Waals surface area contributed by atoms with Crippen molar-refractivity contribution in [1.82, 2.24) is 10.3 Å². The predicted molar refractivity (Wildman–Crippen MR) is 65.5 cm³/mol. The topological polar surface area (TPSA) is 27.8 Å². The third kappa shape index (κ3) is 1.75. The Hall–Kier alpha value is -0.990. The fourth-order valence-electron chi connectivity index (χ4n) is 2.36. The minimum Gasteiger partial charge on any atom is -0.361 e. The second kappa shape index (κ2) is 4.25. The molecule has 1 aliphatic rings. The van der Waals surface area contributed by atoms with Crippen LogP contribution in [0.4, 0.5) is 0 Å². The zero-order valence-corrected chi connectivity index (χ0v) is 9.31. The SMILES string of the molecule is Cl.c1cc([C@@H]2CCCN2)c2cc[nH]c2c1. The minimum absolute atomic E-state index is 0. The molecule has 3 heteroatoms. The van der Waals surface area contributed by atoms with Crippen LogP contribution in [0.5, 0.6) is 0 Å². The molecule has 3 rings (SSSR count). The van der Waals surface area contributed by atoms with Gasteiger partial charge in [-0.25, -0.2) is 0 Å². The second-order valence-electron chi connectivity index (χ2n) is 3.94. The summed E-state index contributed by atoms with van der Waals surface area (Å²) in [6, 6.07) is 9.24. The number of halogens is 1. The van der Waals surface area contributed by atoms with Crippen LogP contribution in [-0.2, 0) is 0 Å². The molecule has 1 atom stereocenters. The van der Waals surface area contributed by atoms with E-state index in [1.165, 1.54) is 29.3 Å². The number of hydrogen-bond acceptors (Lipinski definition) is 1. The molecule has 80 valence electrons. The third-order valence-corrected chi connectivity index (χ3v) is 3.06. The Bertz CT molecular complexity index is 444. The Morgan fingerprint density at radius 1 is 1.20 bits per heavy atom. The van der Waals surface area contributed by atoms with E-state index in [4.69, 9.17) is 0 Å². The molecule has 1 aromatic heterocycles. The Labute approximate surface area is 95.5 Å². The van der Waals surface area contributed by atoms with Crippen LogP contribution in [0, 0.1) is 0 Å². The highest BCUT2D eigenvalue weighted by molar-refractivity contribution is 5.85. The highest BCUT2D eigenvalue weighted by atomic mass is 35.5. The zero-order chi connectivity index (χ0) is 9.38. The van der Waals surface area contributed by atoms with Gasteiger partial charge in [-0.1, -0.05) is 12.1 Å². The van der Waals surface area contributed by atoms with Crippen LogP contribution in [0.2, 0.25) is 0 Å². The Morgan fingerprint density at radius 2 is 2.13 bits per heavy atom. The number of benzene rings is 1. The number of nitrogens with one attached hydrogen (secondary N) is 2. The van der Waals surface area contributed by atoms with Crippen molar-refractivity contribution in [3.05, 3.63) is 36.0 Å². The molecule has 1 aliphatic heterocycles. The van der Waals surface area contributed by atoms with Crippen molar-refractivity contribution >= 4 is 23.3 Å². The maximum Gasteiger partial charge on any atom is 0.0457 e. The summed E-state index contributed by atoms with van der Waals surface area (Å²) >= 11 is 0. The van der Waals surface area contributed by atoms with Gasteiger partial charge in [0.05, 0.1) is 0 Å². The smallest absolute Gasteiger partial charge is 0.0457 e. The van der Waals surface area contributed by atoms with Gasteiger partial charge >= 0.3 is 0 Å². The number of hydrogen-bond donors (Lipinski definition) is 2. The van der Waals surface area contributed by atoms with Gasteiger partial charge in [0.25, 0.3) is 0 Å². The molecule has 2 nitrogen and oxygen atoms in total. The fourth-order valence-corrected chi connectivity index (χ4v) is 2.36. The van der Waals surface area contributed by atoms with Crippen LogP contribution in [0.15, 0.2) is 30.5 Å². The van der Waals surface area contributed by atoms with Crippen LogP contribution < -0.4 is 5.32 Å². The molecule has 1 aromatic carbocycles. The lowest BCUT2D eigenvalue weighted by Crippen LogP contribution is -2.12. The first kappa shape index (κ1) is 10.5. The number of H-pyrrole nitrogens is 1. The van der Waals surface area contributed by atoms with Crippen LogP contribution in [0.3, 0.4) is 0 Å². The normalized spacial score (nSPS) is 20.4. The van der Waals surface area contributed by atoms with Crippen molar-refractivity contribution in [1.29, 1.82) is 0 Å². The van der Waals surface area contributed by atoms with Crippen molar-refractivity contribution in [2.75, 3.05) is 6.54 Å². The molecule has 0 amide bonds. The molecule has 2 aromatic rings. The van der Waals surface area contributed by atoms with E-state index in [0.717, 1.165) is 6.54 Å². The van der Waals surface area contributed by atoms with Gasteiger partial charge in [-0.3, -0.25) is 0 Å². The lowest BCUT2D eigenvalue weighted by Gasteiger charge is -2.11. The first-order chi connectivity index (χ1) is 6.95. The summed E-state index contributed by atoms with van der Waals surface area (Å²) in [6.45, 7) is 1.16. The quantitative estimate of drug-likeness (QED) is 0.763. The fraction of sp³-hybridized carbons (Fsp3) is 0.333. The number of fused-ring (bicyclic) bond motifs is 1. The average molecular weight is 223 g/mol. The maximum absolute atomic E-state index is 3.54. The van der Waals surface area contributed by atoms with Gasteiger partial charge < -0.3 is 10.3 Å². The van der Waals surface area contributed by atoms with E-state index in [9.17, 15) is 0 Å². The van der Waals surface area contributed by atoms with Gasteiger partial charge in [0.1, 0.15) is 0 Å². The lowest BCUT2D eigenvalue weighted by molar-refractivity contribution is 0.653. The molecule has 15 heavy (non-hydrogen) atoms. The van der Waals surface area contributed by atoms with Gasteiger partial charge in [0.2, 0.25) is 0 Å².